The Morgan fingerprint density at radius 3 is 2.00 bits per heavy atom. The molecular formula is C23H32ClN3O5S. The molecule has 2 aromatic rings. The molecule has 2 aromatic carbocycles. The molecule has 1 saturated heterocycles. The molecule has 0 atom stereocenters. The zero-order valence-electron chi connectivity index (χ0n) is 19.5. The van der Waals surface area contributed by atoms with Crippen molar-refractivity contribution in [1.82, 2.24) is 9.21 Å². The number of hydrogen-bond donors (Lipinski definition) is 0. The Morgan fingerprint density at radius 2 is 1.39 bits per heavy atom. The highest BCUT2D eigenvalue weighted by Crippen LogP contribution is 2.36. The van der Waals surface area contributed by atoms with Crippen LogP contribution in [0.5, 0.6) is 17.2 Å². The van der Waals surface area contributed by atoms with Crippen LogP contribution in [0.2, 0.25) is 0 Å². The fourth-order valence-corrected chi connectivity index (χ4v) is 5.78. The second kappa shape index (κ2) is 10.4. The number of hydrogen-bond acceptors (Lipinski definition) is 7. The SMILES string of the molecule is COc1cc2c(cc1OC)CN(S(=O)(=O)c1ccc(OC)c(N3CCN(C)CC3)c1)CC2.Cl. The second-order valence-corrected chi connectivity index (χ2v) is 10.1. The molecule has 2 aliphatic heterocycles. The van der Waals surface area contributed by atoms with Crippen molar-refractivity contribution in [2.45, 2.75) is 17.9 Å². The Balaban J connectivity index is 0.00000306. The fourth-order valence-electron chi connectivity index (χ4n) is 4.34. The maximum atomic E-state index is 13.6. The summed E-state index contributed by atoms with van der Waals surface area (Å²) in [6.45, 7) is 4.22. The Morgan fingerprint density at radius 1 is 0.788 bits per heavy atom. The molecule has 182 valence electrons. The van der Waals surface area contributed by atoms with Crippen LogP contribution in [0.1, 0.15) is 11.1 Å². The molecule has 0 bridgehead atoms. The van der Waals surface area contributed by atoms with Gasteiger partial charge in [-0.2, -0.15) is 4.31 Å². The minimum Gasteiger partial charge on any atom is -0.495 e. The molecular weight excluding hydrogens is 466 g/mol. The lowest BCUT2D eigenvalue weighted by Crippen LogP contribution is -2.44. The van der Waals surface area contributed by atoms with Gasteiger partial charge in [0.05, 0.1) is 31.9 Å². The van der Waals surface area contributed by atoms with E-state index in [1.54, 1.807) is 39.5 Å². The standard InChI is InChI=1S/C23H31N3O5S.ClH/c1-24-9-11-25(12-10-24)20-15-19(5-6-21(20)29-2)32(27,28)26-8-7-17-13-22(30-3)23(31-4)14-18(17)16-26;/h5-6,13-15H,7-12,16H2,1-4H3;1H. The molecule has 0 spiro atoms. The van der Waals surface area contributed by atoms with E-state index in [4.69, 9.17) is 14.2 Å². The Labute approximate surface area is 202 Å². The minimum atomic E-state index is -3.67. The molecule has 2 heterocycles. The van der Waals surface area contributed by atoms with Gasteiger partial charge in [0.2, 0.25) is 10.0 Å². The third kappa shape index (κ3) is 5.01. The van der Waals surface area contributed by atoms with Crippen LogP contribution in [0.25, 0.3) is 0 Å². The van der Waals surface area contributed by atoms with Gasteiger partial charge in [-0.15, -0.1) is 12.4 Å². The van der Waals surface area contributed by atoms with E-state index in [1.807, 2.05) is 12.1 Å². The number of anilines is 1. The fraction of sp³-hybridized carbons (Fsp3) is 0.478. The van der Waals surface area contributed by atoms with Gasteiger partial charge in [-0.1, -0.05) is 0 Å². The maximum Gasteiger partial charge on any atom is 0.243 e. The van der Waals surface area contributed by atoms with Crippen LogP contribution in [-0.4, -0.2) is 78.7 Å². The second-order valence-electron chi connectivity index (χ2n) is 8.19. The molecule has 10 heteroatoms. The van der Waals surface area contributed by atoms with E-state index in [2.05, 4.69) is 16.8 Å². The van der Waals surface area contributed by atoms with E-state index < -0.39 is 10.0 Å². The summed E-state index contributed by atoms with van der Waals surface area (Å²) >= 11 is 0. The zero-order valence-corrected chi connectivity index (χ0v) is 21.2. The van der Waals surface area contributed by atoms with Gasteiger partial charge in [0.15, 0.2) is 11.5 Å². The van der Waals surface area contributed by atoms with E-state index in [0.29, 0.717) is 36.8 Å². The number of halogens is 1. The van der Waals surface area contributed by atoms with Crippen molar-refractivity contribution in [3.05, 3.63) is 41.5 Å². The Kier molecular flexibility index (Phi) is 8.00. The summed E-state index contributed by atoms with van der Waals surface area (Å²) in [5.41, 5.74) is 2.85. The molecule has 33 heavy (non-hydrogen) atoms. The summed E-state index contributed by atoms with van der Waals surface area (Å²) < 4.78 is 45.0. The van der Waals surface area contributed by atoms with E-state index in [0.717, 1.165) is 43.0 Å². The van der Waals surface area contributed by atoms with Gasteiger partial charge >= 0.3 is 0 Å². The van der Waals surface area contributed by atoms with Crippen molar-refractivity contribution in [3.63, 3.8) is 0 Å². The highest BCUT2D eigenvalue weighted by molar-refractivity contribution is 7.89. The average molecular weight is 498 g/mol. The number of methoxy groups -OCH3 is 3. The Hall–Kier alpha value is -2.20. The van der Waals surface area contributed by atoms with Crippen molar-refractivity contribution >= 4 is 28.1 Å². The lowest BCUT2D eigenvalue weighted by atomic mass is 10.0. The smallest absolute Gasteiger partial charge is 0.243 e. The number of benzene rings is 2. The topological polar surface area (TPSA) is 71.5 Å². The van der Waals surface area contributed by atoms with Crippen LogP contribution >= 0.6 is 12.4 Å². The number of sulfonamides is 1. The zero-order chi connectivity index (χ0) is 22.9. The molecule has 0 aliphatic carbocycles. The molecule has 0 unspecified atom stereocenters. The van der Waals surface area contributed by atoms with Crippen LogP contribution in [0.15, 0.2) is 35.2 Å². The summed E-state index contributed by atoms with van der Waals surface area (Å²) in [5.74, 6) is 1.95. The number of nitrogens with zero attached hydrogens (tertiary/aromatic N) is 3. The van der Waals surface area contributed by atoms with Gasteiger partial charge in [-0.25, -0.2) is 8.42 Å². The van der Waals surface area contributed by atoms with Crippen molar-refractivity contribution in [2.24, 2.45) is 0 Å². The van der Waals surface area contributed by atoms with Crippen molar-refractivity contribution < 1.29 is 22.6 Å². The van der Waals surface area contributed by atoms with E-state index in [-0.39, 0.29) is 17.3 Å². The normalized spacial score (nSPS) is 17.2. The lowest BCUT2D eigenvalue weighted by Gasteiger charge is -2.35. The predicted octanol–water partition coefficient (Wildman–Crippen LogP) is 2.63. The van der Waals surface area contributed by atoms with Crippen LogP contribution in [-0.2, 0) is 23.0 Å². The third-order valence-electron chi connectivity index (χ3n) is 6.32. The van der Waals surface area contributed by atoms with Gasteiger partial charge in [-0.3, -0.25) is 0 Å². The van der Waals surface area contributed by atoms with Gasteiger partial charge < -0.3 is 24.0 Å². The number of ether oxygens (including phenoxy) is 3. The van der Waals surface area contributed by atoms with Crippen LogP contribution in [0, 0.1) is 0 Å². The minimum absolute atomic E-state index is 0. The predicted molar refractivity (Wildman–Crippen MR) is 131 cm³/mol. The molecule has 8 nitrogen and oxygen atoms in total. The van der Waals surface area contributed by atoms with Crippen molar-refractivity contribution in [1.29, 1.82) is 0 Å². The largest absolute Gasteiger partial charge is 0.495 e. The molecule has 1 fully saturated rings. The Bertz CT molecular complexity index is 1090. The first kappa shape index (κ1) is 25.4. The molecule has 0 saturated carbocycles. The van der Waals surface area contributed by atoms with E-state index in [1.165, 1.54) is 4.31 Å². The summed E-state index contributed by atoms with van der Waals surface area (Å²) in [5, 5.41) is 0. The van der Waals surface area contributed by atoms with Gasteiger partial charge in [0.1, 0.15) is 5.75 Å². The third-order valence-corrected chi connectivity index (χ3v) is 8.16. The summed E-state index contributed by atoms with van der Waals surface area (Å²) in [6, 6.07) is 8.96. The molecule has 0 amide bonds. The number of piperazine rings is 1. The van der Waals surface area contributed by atoms with Crippen LogP contribution < -0.4 is 19.1 Å². The summed E-state index contributed by atoms with van der Waals surface area (Å²) in [7, 11) is 3.23. The van der Waals surface area contributed by atoms with Gasteiger partial charge in [0.25, 0.3) is 0 Å². The van der Waals surface area contributed by atoms with E-state index in [9.17, 15) is 8.42 Å². The average Bonchev–Trinajstić information content (AvgIpc) is 2.82. The highest BCUT2D eigenvalue weighted by Gasteiger charge is 2.30. The van der Waals surface area contributed by atoms with Crippen LogP contribution in [0.4, 0.5) is 5.69 Å². The first-order chi connectivity index (χ1) is 15.4. The maximum absolute atomic E-state index is 13.6. The first-order valence-electron chi connectivity index (χ1n) is 10.7. The van der Waals surface area contributed by atoms with Crippen molar-refractivity contribution in [2.75, 3.05) is 66.0 Å². The highest BCUT2D eigenvalue weighted by atomic mass is 35.5. The lowest BCUT2D eigenvalue weighted by molar-refractivity contribution is 0.311. The number of fused-ring (bicyclic) bond motifs is 1. The number of likely N-dealkylation sites (N-methyl/N-ethyl adjacent to an activating group) is 1. The quantitative estimate of drug-likeness (QED) is 0.607. The molecule has 4 rings (SSSR count). The molecule has 0 radical (unpaired) electrons. The molecule has 0 N–H and O–H groups in total. The van der Waals surface area contributed by atoms with E-state index >= 15 is 0 Å². The molecule has 0 aromatic heterocycles. The monoisotopic (exact) mass is 497 g/mol. The summed E-state index contributed by atoms with van der Waals surface area (Å²) in [6.07, 6.45) is 0.621. The van der Waals surface area contributed by atoms with Crippen LogP contribution in [0.3, 0.4) is 0 Å². The first-order valence-corrected chi connectivity index (χ1v) is 12.2. The molecule has 2 aliphatic rings. The van der Waals surface area contributed by atoms with Crippen molar-refractivity contribution in [3.8, 4) is 17.2 Å². The number of rotatable bonds is 6. The summed E-state index contributed by atoms with van der Waals surface area (Å²) in [4.78, 5) is 4.74. The van der Waals surface area contributed by atoms with Gasteiger partial charge in [-0.05, 0) is 54.9 Å². The van der Waals surface area contributed by atoms with Gasteiger partial charge in [0, 0.05) is 39.3 Å².